The van der Waals surface area contributed by atoms with Gasteiger partial charge in [0, 0.05) is 19.9 Å². The van der Waals surface area contributed by atoms with E-state index < -0.39 is 11.3 Å². The fraction of sp³-hybridized carbons (Fsp3) is 0.545. The van der Waals surface area contributed by atoms with Crippen molar-refractivity contribution in [1.82, 2.24) is 9.72 Å². The lowest BCUT2D eigenvalue weighted by Gasteiger charge is -2.15. The van der Waals surface area contributed by atoms with Gasteiger partial charge in [-0.15, -0.1) is 0 Å². The molecular formula is C11H18N3O4+. The van der Waals surface area contributed by atoms with Gasteiger partial charge in [-0.3, -0.25) is 9.09 Å². The summed E-state index contributed by atoms with van der Waals surface area (Å²) >= 11 is 0. The van der Waals surface area contributed by atoms with E-state index in [4.69, 9.17) is 0 Å². The van der Waals surface area contributed by atoms with Crippen LogP contribution in [0.25, 0.3) is 0 Å². The number of nitrogens with zero attached hydrogens (tertiary/aromatic N) is 2. The largest absolute Gasteiger partial charge is 0.464 e. The molecule has 0 unspecified atom stereocenters. The first-order valence-electron chi connectivity index (χ1n) is 5.50. The van der Waals surface area contributed by atoms with Gasteiger partial charge in [0.2, 0.25) is 0 Å². The van der Waals surface area contributed by atoms with Crippen molar-refractivity contribution < 1.29 is 19.8 Å². The summed E-state index contributed by atoms with van der Waals surface area (Å²) in [6.45, 7) is 3.73. The van der Waals surface area contributed by atoms with Crippen LogP contribution in [0.3, 0.4) is 0 Å². The maximum absolute atomic E-state index is 11.4. The number of carbonyl (C=O) groups is 1. The van der Waals surface area contributed by atoms with E-state index in [1.807, 2.05) is 0 Å². The molecule has 18 heavy (non-hydrogen) atoms. The number of esters is 1. The highest BCUT2D eigenvalue weighted by Crippen LogP contribution is 2.06. The van der Waals surface area contributed by atoms with E-state index in [2.05, 4.69) is 20.2 Å². The topological polar surface area (TPSA) is 102 Å². The Bertz CT molecular complexity index is 499. The van der Waals surface area contributed by atoms with Gasteiger partial charge in [0.05, 0.1) is 7.11 Å². The van der Waals surface area contributed by atoms with Gasteiger partial charge in [0.25, 0.3) is 0 Å². The second kappa shape index (κ2) is 5.63. The van der Waals surface area contributed by atoms with Crippen molar-refractivity contribution in [2.75, 3.05) is 7.11 Å². The molecule has 0 saturated carbocycles. The Labute approximate surface area is 104 Å². The Morgan fingerprint density at radius 2 is 2.28 bits per heavy atom. The number of aromatic nitrogens is 2. The molecule has 0 spiro atoms. The number of methoxy groups -OCH3 is 1. The summed E-state index contributed by atoms with van der Waals surface area (Å²) in [6, 6.07) is 0. The molecule has 0 radical (unpaired) electrons. The van der Waals surface area contributed by atoms with Gasteiger partial charge in [0.15, 0.2) is 11.4 Å². The van der Waals surface area contributed by atoms with Crippen LogP contribution in [0.5, 0.6) is 0 Å². The Morgan fingerprint density at radius 1 is 1.61 bits per heavy atom. The molecule has 7 heteroatoms. The van der Waals surface area contributed by atoms with Crippen LogP contribution >= 0.6 is 0 Å². The molecule has 0 aliphatic heterocycles. The average Bonchev–Trinajstić information content (AvgIpc) is 2.64. The zero-order chi connectivity index (χ0) is 13.8. The van der Waals surface area contributed by atoms with Gasteiger partial charge in [-0.2, -0.15) is 0 Å². The summed E-state index contributed by atoms with van der Waals surface area (Å²) in [7, 11) is 1.33. The van der Waals surface area contributed by atoms with Crippen LogP contribution in [0, 0.1) is 6.92 Å². The highest BCUT2D eigenvalue weighted by Gasteiger charge is 2.32. The zero-order valence-corrected chi connectivity index (χ0v) is 10.8. The number of carbonyl (C=O) groups excluding carboxylic acids is 1. The molecule has 1 heterocycles. The third-order valence-corrected chi connectivity index (χ3v) is 2.57. The fourth-order valence-corrected chi connectivity index (χ4v) is 1.40. The molecule has 1 aromatic heterocycles. The Hall–Kier alpha value is -1.89. The van der Waals surface area contributed by atoms with Crippen molar-refractivity contribution in [3.05, 3.63) is 28.5 Å². The number of aryl methyl sites for hydroxylation is 1. The number of quaternary nitrogens is 1. The maximum atomic E-state index is 11.4. The van der Waals surface area contributed by atoms with Gasteiger partial charge < -0.3 is 10.5 Å². The van der Waals surface area contributed by atoms with Crippen LogP contribution in [0.1, 0.15) is 19.2 Å². The second-order valence-electron chi connectivity index (χ2n) is 4.33. The molecule has 3 N–H and O–H groups in total. The fourth-order valence-electron chi connectivity index (χ4n) is 1.40. The molecule has 100 valence electrons. The summed E-state index contributed by atoms with van der Waals surface area (Å²) in [6.07, 6.45) is 3.97. The minimum Gasteiger partial charge on any atom is -0.464 e. The lowest BCUT2D eigenvalue weighted by molar-refractivity contribution is -0.455. The maximum Gasteiger partial charge on any atom is 0.441 e. The Kier molecular flexibility index (Phi) is 4.43. The highest BCUT2D eigenvalue weighted by molar-refractivity contribution is 5.78. The summed E-state index contributed by atoms with van der Waals surface area (Å²) in [5.41, 5.74) is 2.97. The average molecular weight is 256 g/mol. The molecule has 0 saturated heterocycles. The summed E-state index contributed by atoms with van der Waals surface area (Å²) in [5, 5.41) is 3.54. The first-order chi connectivity index (χ1) is 8.38. The highest BCUT2D eigenvalue weighted by atomic mass is 16.5. The van der Waals surface area contributed by atoms with Crippen LogP contribution in [0.15, 0.2) is 21.5 Å². The first-order valence-corrected chi connectivity index (χ1v) is 5.50. The first kappa shape index (κ1) is 14.2. The summed E-state index contributed by atoms with van der Waals surface area (Å²) in [4.78, 5) is 22.6. The number of rotatable bonds is 5. The van der Waals surface area contributed by atoms with Crippen molar-refractivity contribution in [3.63, 3.8) is 0 Å². The monoisotopic (exact) mass is 256 g/mol. The Morgan fingerprint density at radius 3 is 2.78 bits per heavy atom. The third kappa shape index (κ3) is 3.30. The van der Waals surface area contributed by atoms with Gasteiger partial charge in [0.1, 0.15) is 0 Å². The second-order valence-corrected chi connectivity index (χ2v) is 4.33. The van der Waals surface area contributed by atoms with Crippen LogP contribution in [-0.4, -0.2) is 28.3 Å². The van der Waals surface area contributed by atoms with Crippen molar-refractivity contribution in [2.45, 2.75) is 32.4 Å². The minimum absolute atomic E-state index is 0.353. The van der Waals surface area contributed by atoms with Crippen LogP contribution < -0.4 is 11.5 Å². The quantitative estimate of drug-likeness (QED) is 0.552. The van der Waals surface area contributed by atoms with Crippen molar-refractivity contribution in [3.8, 4) is 0 Å². The van der Waals surface area contributed by atoms with Gasteiger partial charge >= 0.3 is 11.7 Å². The molecule has 0 aliphatic carbocycles. The molecule has 1 atom stereocenters. The van der Waals surface area contributed by atoms with Crippen molar-refractivity contribution in [1.29, 1.82) is 0 Å². The molecule has 0 bridgehead atoms. The molecule has 0 amide bonds. The van der Waals surface area contributed by atoms with E-state index in [1.54, 1.807) is 26.0 Å². The minimum atomic E-state index is -0.820. The van der Waals surface area contributed by atoms with Gasteiger partial charge in [-0.05, 0) is 6.92 Å². The van der Waals surface area contributed by atoms with Crippen LogP contribution in [-0.2, 0) is 16.1 Å². The van der Waals surface area contributed by atoms with Gasteiger partial charge in [-0.25, -0.2) is 9.59 Å². The number of allylic oxidation sites excluding steroid dienone is 1. The van der Waals surface area contributed by atoms with Crippen molar-refractivity contribution in [2.24, 2.45) is 0 Å². The molecule has 0 aliphatic rings. The lowest BCUT2D eigenvalue weighted by Crippen LogP contribution is -2.75. The Balaban J connectivity index is 2.58. The molecule has 1 aromatic rings. The normalized spacial score (nSPS) is 14.7. The molecular weight excluding hydrogens is 238 g/mol. The van der Waals surface area contributed by atoms with Gasteiger partial charge in [-0.1, -0.05) is 17.3 Å². The SMILES string of the molecule is COC(=O)[C@@](C)([NH3+])C/C=C/Cn1c(C)noc1=O. The van der Waals surface area contributed by atoms with E-state index >= 15 is 0 Å². The van der Waals surface area contributed by atoms with E-state index in [1.165, 1.54) is 11.7 Å². The predicted molar refractivity (Wildman–Crippen MR) is 62.6 cm³/mol. The number of hydrogen-bond donors (Lipinski definition) is 1. The molecule has 0 fully saturated rings. The van der Waals surface area contributed by atoms with E-state index in [9.17, 15) is 9.59 Å². The molecule has 0 aromatic carbocycles. The standard InChI is InChI=1S/C11H17N3O4/c1-8-13-18-10(16)14(8)7-5-4-6-11(2,12)9(15)17-3/h4-5H,6-7,12H2,1-3H3/p+1/b5-4+/t11-/m0/s1. The zero-order valence-electron chi connectivity index (χ0n) is 10.8. The van der Waals surface area contributed by atoms with E-state index in [0.717, 1.165) is 0 Å². The molecule has 7 nitrogen and oxygen atoms in total. The summed E-state index contributed by atoms with van der Waals surface area (Å²) in [5.74, 6) is -0.358. The smallest absolute Gasteiger partial charge is 0.441 e. The predicted octanol–water partition coefficient (Wildman–Crippen LogP) is -0.735. The van der Waals surface area contributed by atoms with Crippen molar-refractivity contribution >= 4 is 5.97 Å². The van der Waals surface area contributed by atoms with E-state index in [-0.39, 0.29) is 5.97 Å². The molecule has 1 rings (SSSR count). The summed E-state index contributed by atoms with van der Waals surface area (Å²) < 4.78 is 10.5. The van der Waals surface area contributed by atoms with Crippen LogP contribution in [0.2, 0.25) is 0 Å². The third-order valence-electron chi connectivity index (χ3n) is 2.57. The number of ether oxygens (including phenoxy) is 1. The van der Waals surface area contributed by atoms with Crippen LogP contribution in [0.4, 0.5) is 0 Å². The number of hydrogen-bond acceptors (Lipinski definition) is 5. The van der Waals surface area contributed by atoms with E-state index in [0.29, 0.717) is 18.8 Å². The lowest BCUT2D eigenvalue weighted by atomic mass is 9.99.